The maximum Gasteiger partial charge on any atom is 0.326 e. The van der Waals surface area contributed by atoms with E-state index in [-0.39, 0.29) is 5.75 Å². The molecule has 0 fully saturated rings. The van der Waals surface area contributed by atoms with Crippen molar-refractivity contribution in [3.05, 3.63) is 29.8 Å². The van der Waals surface area contributed by atoms with Crippen molar-refractivity contribution >= 4 is 17.6 Å². The molecular formula is C8H7ClO3. The van der Waals surface area contributed by atoms with E-state index < -0.39 is 11.3 Å². The lowest BCUT2D eigenvalue weighted by Gasteiger charge is -2.03. The van der Waals surface area contributed by atoms with E-state index in [1.165, 1.54) is 24.3 Å². The zero-order chi connectivity index (χ0) is 9.14. The van der Waals surface area contributed by atoms with E-state index in [0.717, 1.165) is 0 Å². The van der Waals surface area contributed by atoms with Gasteiger partial charge in [-0.3, -0.25) is 4.79 Å². The van der Waals surface area contributed by atoms with Gasteiger partial charge in [-0.05, 0) is 17.7 Å². The van der Waals surface area contributed by atoms with E-state index in [0.29, 0.717) is 5.56 Å². The Morgan fingerprint density at radius 2 is 1.83 bits per heavy atom. The zero-order valence-electron chi connectivity index (χ0n) is 6.07. The molecule has 0 bridgehead atoms. The van der Waals surface area contributed by atoms with Crippen LogP contribution in [0.2, 0.25) is 0 Å². The number of hydrogen-bond donors (Lipinski definition) is 2. The summed E-state index contributed by atoms with van der Waals surface area (Å²) in [6.07, 6.45) is 0. The highest BCUT2D eigenvalue weighted by atomic mass is 35.5. The molecule has 12 heavy (non-hydrogen) atoms. The molecule has 0 aromatic heterocycles. The Morgan fingerprint density at radius 3 is 2.25 bits per heavy atom. The maximum absolute atomic E-state index is 10.4. The molecule has 2 N–H and O–H groups in total. The van der Waals surface area contributed by atoms with Crippen LogP contribution in [-0.4, -0.2) is 16.2 Å². The quantitative estimate of drug-likeness (QED) is 0.692. The summed E-state index contributed by atoms with van der Waals surface area (Å²) >= 11 is 5.51. The second-order valence-corrected chi connectivity index (χ2v) is 2.73. The fourth-order valence-electron chi connectivity index (χ4n) is 0.786. The Kier molecular flexibility index (Phi) is 2.55. The molecule has 3 nitrogen and oxygen atoms in total. The topological polar surface area (TPSA) is 57.5 Å². The summed E-state index contributed by atoms with van der Waals surface area (Å²) in [5.41, 5.74) is 0.460. The standard InChI is InChI=1S/C8H7ClO3/c9-7(8(11)12)5-1-3-6(10)4-2-5/h1-4,7,10H,(H,11,12). The van der Waals surface area contributed by atoms with E-state index in [2.05, 4.69) is 0 Å². The molecule has 0 aliphatic rings. The highest BCUT2D eigenvalue weighted by Crippen LogP contribution is 2.22. The number of hydrogen-bond acceptors (Lipinski definition) is 2. The molecule has 1 unspecified atom stereocenters. The van der Waals surface area contributed by atoms with E-state index in [1.54, 1.807) is 0 Å². The fourth-order valence-corrected chi connectivity index (χ4v) is 0.931. The average Bonchev–Trinajstić information content (AvgIpc) is 2.04. The van der Waals surface area contributed by atoms with Crippen molar-refractivity contribution in [3.63, 3.8) is 0 Å². The number of aromatic hydroxyl groups is 1. The number of benzene rings is 1. The average molecular weight is 187 g/mol. The van der Waals surface area contributed by atoms with Gasteiger partial charge in [0.2, 0.25) is 0 Å². The first-order valence-corrected chi connectivity index (χ1v) is 3.70. The highest BCUT2D eigenvalue weighted by Gasteiger charge is 2.15. The predicted molar refractivity (Wildman–Crippen MR) is 44.3 cm³/mol. The predicted octanol–water partition coefficient (Wildman–Crippen LogP) is 1.76. The van der Waals surface area contributed by atoms with Crippen LogP contribution in [0.15, 0.2) is 24.3 Å². The molecular weight excluding hydrogens is 180 g/mol. The van der Waals surface area contributed by atoms with Crippen molar-refractivity contribution in [2.24, 2.45) is 0 Å². The Hall–Kier alpha value is -1.22. The third-order valence-electron chi connectivity index (χ3n) is 1.40. The normalized spacial score (nSPS) is 12.4. The lowest BCUT2D eigenvalue weighted by Crippen LogP contribution is -2.04. The number of carboxylic acid groups (broad SMARTS) is 1. The number of aliphatic carboxylic acids is 1. The molecule has 0 spiro atoms. The van der Waals surface area contributed by atoms with Crippen molar-refractivity contribution in [3.8, 4) is 5.75 Å². The van der Waals surface area contributed by atoms with Gasteiger partial charge < -0.3 is 10.2 Å². The summed E-state index contributed by atoms with van der Waals surface area (Å²) < 4.78 is 0. The van der Waals surface area contributed by atoms with Crippen LogP contribution in [-0.2, 0) is 4.79 Å². The van der Waals surface area contributed by atoms with Crippen LogP contribution >= 0.6 is 11.6 Å². The molecule has 0 saturated heterocycles. The fraction of sp³-hybridized carbons (Fsp3) is 0.125. The van der Waals surface area contributed by atoms with Crippen molar-refractivity contribution in [2.45, 2.75) is 5.38 Å². The van der Waals surface area contributed by atoms with Crippen LogP contribution in [0, 0.1) is 0 Å². The minimum absolute atomic E-state index is 0.0907. The number of carbonyl (C=O) groups is 1. The Labute approximate surface area is 74.2 Å². The van der Waals surface area contributed by atoms with Gasteiger partial charge in [0.15, 0.2) is 5.38 Å². The van der Waals surface area contributed by atoms with Crippen LogP contribution in [0.5, 0.6) is 5.75 Å². The Bertz CT molecular complexity index is 281. The van der Waals surface area contributed by atoms with Gasteiger partial charge in [0.1, 0.15) is 5.75 Å². The van der Waals surface area contributed by atoms with Crippen molar-refractivity contribution < 1.29 is 15.0 Å². The first kappa shape index (κ1) is 8.87. The third kappa shape index (κ3) is 1.89. The monoisotopic (exact) mass is 186 g/mol. The first-order valence-electron chi connectivity index (χ1n) is 3.27. The number of phenols is 1. The van der Waals surface area contributed by atoms with Crippen molar-refractivity contribution in [2.75, 3.05) is 0 Å². The molecule has 0 saturated carbocycles. The van der Waals surface area contributed by atoms with Crippen LogP contribution in [0.1, 0.15) is 10.9 Å². The summed E-state index contributed by atoms with van der Waals surface area (Å²) in [6, 6.07) is 5.74. The van der Waals surface area contributed by atoms with Crippen LogP contribution in [0.4, 0.5) is 0 Å². The molecule has 64 valence electrons. The summed E-state index contributed by atoms with van der Waals surface area (Å²) in [5.74, 6) is -1.00. The van der Waals surface area contributed by atoms with Gasteiger partial charge in [0, 0.05) is 0 Å². The van der Waals surface area contributed by atoms with E-state index in [9.17, 15) is 4.79 Å². The summed E-state index contributed by atoms with van der Waals surface area (Å²) in [7, 11) is 0. The van der Waals surface area contributed by atoms with Gasteiger partial charge in [-0.1, -0.05) is 12.1 Å². The molecule has 4 heteroatoms. The summed E-state index contributed by atoms with van der Waals surface area (Å²) in [4.78, 5) is 10.4. The minimum Gasteiger partial charge on any atom is -0.508 e. The molecule has 0 aliphatic heterocycles. The number of halogens is 1. The van der Waals surface area contributed by atoms with Gasteiger partial charge in [0.25, 0.3) is 0 Å². The highest BCUT2D eigenvalue weighted by molar-refractivity contribution is 6.29. The molecule has 1 atom stereocenters. The molecule has 0 radical (unpaired) electrons. The largest absolute Gasteiger partial charge is 0.508 e. The van der Waals surface area contributed by atoms with Crippen LogP contribution in [0.3, 0.4) is 0 Å². The number of rotatable bonds is 2. The van der Waals surface area contributed by atoms with Gasteiger partial charge in [-0.25, -0.2) is 0 Å². The number of alkyl halides is 1. The van der Waals surface area contributed by atoms with Crippen molar-refractivity contribution in [1.29, 1.82) is 0 Å². The van der Waals surface area contributed by atoms with Gasteiger partial charge in [-0.15, -0.1) is 11.6 Å². The van der Waals surface area contributed by atoms with E-state index in [4.69, 9.17) is 21.8 Å². The lowest BCUT2D eigenvalue weighted by molar-refractivity contribution is -0.136. The van der Waals surface area contributed by atoms with Crippen molar-refractivity contribution in [1.82, 2.24) is 0 Å². The smallest absolute Gasteiger partial charge is 0.326 e. The number of carboxylic acids is 1. The molecule has 0 heterocycles. The van der Waals surface area contributed by atoms with Gasteiger partial charge in [-0.2, -0.15) is 0 Å². The third-order valence-corrected chi connectivity index (χ3v) is 1.84. The minimum atomic E-state index is -1.10. The first-order chi connectivity index (χ1) is 5.61. The van der Waals surface area contributed by atoms with E-state index in [1.807, 2.05) is 0 Å². The summed E-state index contributed by atoms with van der Waals surface area (Å²) in [5, 5.41) is 16.3. The SMILES string of the molecule is O=C(O)C(Cl)c1ccc(O)cc1. The summed E-state index contributed by atoms with van der Waals surface area (Å²) in [6.45, 7) is 0. The molecule has 1 aromatic rings. The molecule has 0 aliphatic carbocycles. The number of phenolic OH excluding ortho intramolecular Hbond substituents is 1. The van der Waals surface area contributed by atoms with Crippen LogP contribution < -0.4 is 0 Å². The van der Waals surface area contributed by atoms with E-state index >= 15 is 0 Å². The lowest BCUT2D eigenvalue weighted by atomic mass is 10.1. The zero-order valence-corrected chi connectivity index (χ0v) is 6.82. The maximum atomic E-state index is 10.4. The van der Waals surface area contributed by atoms with Crippen LogP contribution in [0.25, 0.3) is 0 Å². The van der Waals surface area contributed by atoms with Gasteiger partial charge in [0.05, 0.1) is 0 Å². The molecule has 0 amide bonds. The van der Waals surface area contributed by atoms with Gasteiger partial charge >= 0.3 is 5.97 Å². The Morgan fingerprint density at radius 1 is 1.33 bits per heavy atom. The Balaban J connectivity index is 2.89. The molecule has 1 rings (SSSR count). The second kappa shape index (κ2) is 3.45. The molecule has 1 aromatic carbocycles. The second-order valence-electron chi connectivity index (χ2n) is 2.29.